The maximum atomic E-state index is 13.6. The number of carbonyl (C=O) groups excluding carboxylic acids is 2. The highest BCUT2D eigenvalue weighted by Crippen LogP contribution is 2.28. The van der Waals surface area contributed by atoms with Crippen LogP contribution in [0, 0.1) is 27.7 Å². The molecule has 2 aromatic carbocycles. The first-order valence-electron chi connectivity index (χ1n) is 12.1. The van der Waals surface area contributed by atoms with E-state index in [-0.39, 0.29) is 24.4 Å². The van der Waals surface area contributed by atoms with E-state index < -0.39 is 0 Å². The second-order valence-electron chi connectivity index (χ2n) is 9.82. The Morgan fingerprint density at radius 1 is 0.972 bits per heavy atom. The van der Waals surface area contributed by atoms with Gasteiger partial charge in [0.2, 0.25) is 5.91 Å². The van der Waals surface area contributed by atoms with Crippen molar-refractivity contribution in [1.29, 1.82) is 0 Å². The van der Waals surface area contributed by atoms with Gasteiger partial charge in [-0.15, -0.1) is 0 Å². The van der Waals surface area contributed by atoms with Crippen molar-refractivity contribution < 1.29 is 9.59 Å². The van der Waals surface area contributed by atoms with Crippen molar-refractivity contribution in [3.8, 4) is 11.3 Å². The number of likely N-dealkylation sites (N-methyl/N-ethyl adjacent to an activating group) is 1. The molecule has 0 unspecified atom stereocenters. The second-order valence-corrected chi connectivity index (χ2v) is 9.82. The first-order chi connectivity index (χ1) is 17.0. The summed E-state index contributed by atoms with van der Waals surface area (Å²) in [6.07, 6.45) is 1.68. The van der Waals surface area contributed by atoms with Gasteiger partial charge in [0, 0.05) is 24.3 Å². The fraction of sp³-hybridized carbons (Fsp3) is 0.310. The molecule has 4 rings (SSSR count). The SMILES string of the molecule is Cc1ccc(-c2cc(C(=O)N(C)CC(=O)Nc3c(C)cc(C)cc3C)c3cnn(C(C)C)c3n2)cc1. The molecule has 0 radical (unpaired) electrons. The molecular formula is C29H33N5O2. The Morgan fingerprint density at radius 2 is 1.61 bits per heavy atom. The second kappa shape index (κ2) is 9.93. The number of carbonyl (C=O) groups is 2. The molecule has 4 aromatic rings. The molecule has 2 aromatic heterocycles. The van der Waals surface area contributed by atoms with E-state index in [2.05, 4.69) is 10.4 Å². The summed E-state index contributed by atoms with van der Waals surface area (Å²) < 4.78 is 1.82. The molecule has 0 saturated heterocycles. The lowest BCUT2D eigenvalue weighted by molar-refractivity contribution is -0.116. The first-order valence-corrected chi connectivity index (χ1v) is 12.1. The Balaban J connectivity index is 1.66. The molecule has 0 aliphatic heterocycles. The van der Waals surface area contributed by atoms with Gasteiger partial charge in [0.15, 0.2) is 5.65 Å². The van der Waals surface area contributed by atoms with E-state index in [1.807, 2.05) is 82.6 Å². The predicted octanol–water partition coefficient (Wildman–Crippen LogP) is 5.62. The van der Waals surface area contributed by atoms with Crippen LogP contribution in [0.2, 0.25) is 0 Å². The summed E-state index contributed by atoms with van der Waals surface area (Å²) in [7, 11) is 1.64. The van der Waals surface area contributed by atoms with Crippen molar-refractivity contribution >= 4 is 28.5 Å². The van der Waals surface area contributed by atoms with E-state index in [1.54, 1.807) is 19.3 Å². The Labute approximate surface area is 212 Å². The van der Waals surface area contributed by atoms with Gasteiger partial charge in [-0.1, -0.05) is 47.5 Å². The molecule has 2 amide bonds. The van der Waals surface area contributed by atoms with Crippen molar-refractivity contribution in [3.63, 3.8) is 0 Å². The maximum absolute atomic E-state index is 13.6. The van der Waals surface area contributed by atoms with Gasteiger partial charge >= 0.3 is 0 Å². The van der Waals surface area contributed by atoms with Crippen LogP contribution < -0.4 is 5.32 Å². The number of benzene rings is 2. The number of fused-ring (bicyclic) bond motifs is 1. The van der Waals surface area contributed by atoms with Crippen LogP contribution in [0.3, 0.4) is 0 Å². The number of pyridine rings is 1. The van der Waals surface area contributed by atoms with Gasteiger partial charge in [0.25, 0.3) is 5.91 Å². The number of amides is 2. The molecule has 2 heterocycles. The molecule has 0 aliphatic rings. The standard InChI is InChI=1S/C29H33N5O2/c1-17(2)34-28-24(15-30-34)23(14-25(31-28)22-10-8-18(3)9-11-22)29(36)33(7)16-26(35)32-27-20(5)12-19(4)13-21(27)6/h8-15,17H,16H2,1-7H3,(H,32,35). The van der Waals surface area contributed by atoms with Crippen molar-refractivity contribution in [2.24, 2.45) is 0 Å². The van der Waals surface area contributed by atoms with E-state index in [0.29, 0.717) is 22.3 Å². The number of aromatic nitrogens is 3. The lowest BCUT2D eigenvalue weighted by atomic mass is 10.0. The Kier molecular flexibility index (Phi) is 6.93. The zero-order valence-electron chi connectivity index (χ0n) is 22.0. The van der Waals surface area contributed by atoms with Crippen LogP contribution in [0.5, 0.6) is 0 Å². The van der Waals surface area contributed by atoms with Crippen molar-refractivity contribution in [1.82, 2.24) is 19.7 Å². The molecule has 7 nitrogen and oxygen atoms in total. The third kappa shape index (κ3) is 5.00. The summed E-state index contributed by atoms with van der Waals surface area (Å²) in [6, 6.07) is 14.0. The minimum Gasteiger partial charge on any atom is -0.332 e. The topological polar surface area (TPSA) is 80.1 Å². The zero-order chi connectivity index (χ0) is 26.1. The third-order valence-electron chi connectivity index (χ3n) is 6.30. The lowest BCUT2D eigenvalue weighted by Crippen LogP contribution is -2.35. The van der Waals surface area contributed by atoms with E-state index in [0.717, 1.165) is 33.5 Å². The number of nitrogens with zero attached hydrogens (tertiary/aromatic N) is 4. The summed E-state index contributed by atoms with van der Waals surface area (Å²) in [5, 5.41) is 8.14. The fourth-order valence-electron chi connectivity index (χ4n) is 4.49. The minimum atomic E-state index is -0.258. The highest BCUT2D eigenvalue weighted by atomic mass is 16.2. The summed E-state index contributed by atoms with van der Waals surface area (Å²) in [6.45, 7) is 12.0. The third-order valence-corrected chi connectivity index (χ3v) is 6.30. The Hall–Kier alpha value is -4.00. The fourth-order valence-corrected chi connectivity index (χ4v) is 4.49. The number of hydrogen-bond acceptors (Lipinski definition) is 4. The van der Waals surface area contributed by atoms with Gasteiger partial charge in [0.05, 0.1) is 29.4 Å². The molecule has 0 fully saturated rings. The number of rotatable bonds is 6. The van der Waals surface area contributed by atoms with Crippen LogP contribution in [0.4, 0.5) is 5.69 Å². The predicted molar refractivity (Wildman–Crippen MR) is 144 cm³/mol. The van der Waals surface area contributed by atoms with Gasteiger partial charge in [-0.25, -0.2) is 9.67 Å². The van der Waals surface area contributed by atoms with Crippen molar-refractivity contribution in [2.45, 2.75) is 47.6 Å². The number of nitrogens with one attached hydrogen (secondary N) is 1. The molecule has 0 bridgehead atoms. The van der Waals surface area contributed by atoms with Crippen LogP contribution in [0.15, 0.2) is 48.7 Å². The number of anilines is 1. The molecule has 186 valence electrons. The van der Waals surface area contributed by atoms with Crippen LogP contribution in [0.25, 0.3) is 22.3 Å². The minimum absolute atomic E-state index is 0.0758. The van der Waals surface area contributed by atoms with E-state index in [4.69, 9.17) is 4.98 Å². The molecule has 0 saturated carbocycles. The highest BCUT2D eigenvalue weighted by Gasteiger charge is 2.22. The zero-order valence-corrected chi connectivity index (χ0v) is 22.0. The molecule has 1 N–H and O–H groups in total. The Morgan fingerprint density at radius 3 is 2.22 bits per heavy atom. The molecule has 0 spiro atoms. The van der Waals surface area contributed by atoms with Gasteiger partial charge in [0.1, 0.15) is 0 Å². The van der Waals surface area contributed by atoms with Gasteiger partial charge in [-0.3, -0.25) is 9.59 Å². The smallest absolute Gasteiger partial charge is 0.254 e. The summed E-state index contributed by atoms with van der Waals surface area (Å²) in [5.41, 5.74) is 7.80. The average molecular weight is 484 g/mol. The van der Waals surface area contributed by atoms with E-state index in [9.17, 15) is 9.59 Å². The number of aryl methyl sites for hydroxylation is 4. The van der Waals surface area contributed by atoms with Crippen molar-refractivity contribution in [3.05, 3.63) is 76.5 Å². The largest absolute Gasteiger partial charge is 0.332 e. The summed E-state index contributed by atoms with van der Waals surface area (Å²) in [5.74, 6) is -0.505. The number of hydrogen-bond donors (Lipinski definition) is 1. The molecule has 0 aliphatic carbocycles. The maximum Gasteiger partial charge on any atom is 0.254 e. The highest BCUT2D eigenvalue weighted by molar-refractivity contribution is 6.08. The van der Waals surface area contributed by atoms with Crippen LogP contribution in [0.1, 0.15) is 52.5 Å². The first kappa shape index (κ1) is 25.1. The van der Waals surface area contributed by atoms with Crippen LogP contribution >= 0.6 is 0 Å². The van der Waals surface area contributed by atoms with Gasteiger partial charge < -0.3 is 10.2 Å². The van der Waals surface area contributed by atoms with E-state index in [1.165, 1.54) is 4.90 Å². The average Bonchev–Trinajstić information content (AvgIpc) is 3.25. The van der Waals surface area contributed by atoms with E-state index >= 15 is 0 Å². The normalized spacial score (nSPS) is 11.2. The van der Waals surface area contributed by atoms with Gasteiger partial charge in [-0.2, -0.15) is 5.10 Å². The monoisotopic (exact) mass is 483 g/mol. The van der Waals surface area contributed by atoms with Crippen LogP contribution in [-0.4, -0.2) is 45.1 Å². The molecule has 7 heteroatoms. The Bertz CT molecular complexity index is 1430. The van der Waals surface area contributed by atoms with Crippen molar-refractivity contribution in [2.75, 3.05) is 18.9 Å². The molecule has 0 atom stereocenters. The molecule has 36 heavy (non-hydrogen) atoms. The van der Waals surface area contributed by atoms with Crippen LogP contribution in [-0.2, 0) is 4.79 Å². The summed E-state index contributed by atoms with van der Waals surface area (Å²) in [4.78, 5) is 32.8. The van der Waals surface area contributed by atoms with Gasteiger partial charge in [-0.05, 0) is 58.7 Å². The quantitative estimate of drug-likeness (QED) is 0.386. The summed E-state index contributed by atoms with van der Waals surface area (Å²) >= 11 is 0. The lowest BCUT2D eigenvalue weighted by Gasteiger charge is -2.19. The molecular weight excluding hydrogens is 450 g/mol.